The number of alkyl halides is 1. The molecule has 1 fully saturated rings. The number of hydrogen-bond donors (Lipinski definition) is 0. The summed E-state index contributed by atoms with van der Waals surface area (Å²) in [5.74, 6) is 2.46. The SMILES string of the molecule is C[C@H](CCl)N1CCN(c2cccc3c2OCCO3)CC1. The minimum atomic E-state index is 0.447. The highest BCUT2D eigenvalue weighted by Crippen LogP contribution is 2.39. The van der Waals surface area contributed by atoms with E-state index in [0.29, 0.717) is 25.1 Å². The summed E-state index contributed by atoms with van der Waals surface area (Å²) in [7, 11) is 0. The van der Waals surface area contributed by atoms with Gasteiger partial charge >= 0.3 is 0 Å². The van der Waals surface area contributed by atoms with Crippen LogP contribution >= 0.6 is 11.6 Å². The lowest BCUT2D eigenvalue weighted by atomic mass is 10.2. The molecule has 20 heavy (non-hydrogen) atoms. The highest BCUT2D eigenvalue weighted by Gasteiger charge is 2.25. The van der Waals surface area contributed by atoms with Crippen molar-refractivity contribution >= 4 is 17.3 Å². The maximum Gasteiger partial charge on any atom is 0.184 e. The highest BCUT2D eigenvalue weighted by molar-refractivity contribution is 6.18. The van der Waals surface area contributed by atoms with Gasteiger partial charge in [-0.3, -0.25) is 4.90 Å². The van der Waals surface area contributed by atoms with Crippen molar-refractivity contribution in [3.05, 3.63) is 18.2 Å². The maximum atomic E-state index is 5.94. The molecule has 4 nitrogen and oxygen atoms in total. The summed E-state index contributed by atoms with van der Waals surface area (Å²) in [5, 5.41) is 0. The van der Waals surface area contributed by atoms with Crippen LogP contribution < -0.4 is 14.4 Å². The summed E-state index contributed by atoms with van der Waals surface area (Å²) in [5.41, 5.74) is 1.15. The van der Waals surface area contributed by atoms with E-state index in [1.165, 1.54) is 0 Å². The van der Waals surface area contributed by atoms with Gasteiger partial charge in [-0.05, 0) is 19.1 Å². The Labute approximate surface area is 125 Å². The lowest BCUT2D eigenvalue weighted by molar-refractivity contribution is 0.170. The second kappa shape index (κ2) is 6.10. The summed E-state index contributed by atoms with van der Waals surface area (Å²) in [6.45, 7) is 7.54. The Kier molecular flexibility index (Phi) is 4.22. The Morgan fingerprint density at radius 1 is 1.15 bits per heavy atom. The van der Waals surface area contributed by atoms with Gasteiger partial charge in [0.25, 0.3) is 0 Å². The first-order chi connectivity index (χ1) is 9.79. The van der Waals surface area contributed by atoms with Crippen LogP contribution in [-0.4, -0.2) is 56.2 Å². The number of ether oxygens (including phenoxy) is 2. The van der Waals surface area contributed by atoms with Gasteiger partial charge in [0.15, 0.2) is 11.5 Å². The number of benzene rings is 1. The molecule has 0 amide bonds. The molecule has 1 atom stereocenters. The van der Waals surface area contributed by atoms with E-state index in [9.17, 15) is 0 Å². The van der Waals surface area contributed by atoms with E-state index in [0.717, 1.165) is 43.4 Å². The summed E-state index contributed by atoms with van der Waals surface area (Å²) >= 11 is 5.94. The van der Waals surface area contributed by atoms with Crippen LogP contribution in [0.1, 0.15) is 6.92 Å². The van der Waals surface area contributed by atoms with Crippen molar-refractivity contribution in [2.24, 2.45) is 0 Å². The Hall–Kier alpha value is -1.13. The first-order valence-electron chi connectivity index (χ1n) is 7.23. The van der Waals surface area contributed by atoms with Crippen molar-refractivity contribution in [2.75, 3.05) is 50.2 Å². The number of halogens is 1. The van der Waals surface area contributed by atoms with Crippen molar-refractivity contribution in [2.45, 2.75) is 13.0 Å². The molecule has 0 aromatic heterocycles. The Balaban J connectivity index is 1.72. The van der Waals surface area contributed by atoms with E-state index >= 15 is 0 Å². The average Bonchev–Trinajstić information content (AvgIpc) is 2.54. The maximum absolute atomic E-state index is 5.94. The zero-order chi connectivity index (χ0) is 13.9. The van der Waals surface area contributed by atoms with Crippen molar-refractivity contribution < 1.29 is 9.47 Å². The number of piperazine rings is 1. The Bertz CT molecular complexity index is 461. The van der Waals surface area contributed by atoms with Crippen molar-refractivity contribution in [3.63, 3.8) is 0 Å². The van der Waals surface area contributed by atoms with E-state index in [-0.39, 0.29) is 0 Å². The Morgan fingerprint density at radius 2 is 1.90 bits per heavy atom. The summed E-state index contributed by atoms with van der Waals surface area (Å²) < 4.78 is 11.5. The van der Waals surface area contributed by atoms with Gasteiger partial charge in [-0.2, -0.15) is 0 Å². The lowest BCUT2D eigenvalue weighted by Crippen LogP contribution is -2.50. The number of rotatable bonds is 3. The predicted octanol–water partition coefficient (Wildman–Crippen LogP) is 2.21. The van der Waals surface area contributed by atoms with E-state index in [1.807, 2.05) is 12.1 Å². The molecule has 3 rings (SSSR count). The molecule has 1 saturated heterocycles. The number of anilines is 1. The molecule has 0 bridgehead atoms. The number of para-hydroxylation sites is 1. The molecule has 0 spiro atoms. The molecule has 0 unspecified atom stereocenters. The van der Waals surface area contributed by atoms with Gasteiger partial charge in [-0.1, -0.05) is 6.07 Å². The van der Waals surface area contributed by atoms with E-state index < -0.39 is 0 Å². The van der Waals surface area contributed by atoms with E-state index in [2.05, 4.69) is 22.8 Å². The fourth-order valence-corrected chi connectivity index (χ4v) is 3.00. The monoisotopic (exact) mass is 296 g/mol. The molecule has 0 saturated carbocycles. The molecule has 5 heteroatoms. The zero-order valence-electron chi connectivity index (χ0n) is 11.8. The van der Waals surface area contributed by atoms with E-state index in [4.69, 9.17) is 21.1 Å². The van der Waals surface area contributed by atoms with Crippen LogP contribution in [0.3, 0.4) is 0 Å². The molecule has 2 heterocycles. The summed E-state index contributed by atoms with van der Waals surface area (Å²) in [4.78, 5) is 4.82. The molecular weight excluding hydrogens is 276 g/mol. The molecule has 1 aromatic carbocycles. The largest absolute Gasteiger partial charge is 0.486 e. The number of hydrogen-bond acceptors (Lipinski definition) is 4. The van der Waals surface area contributed by atoms with Crippen molar-refractivity contribution in [1.29, 1.82) is 0 Å². The zero-order valence-corrected chi connectivity index (χ0v) is 12.6. The van der Waals surface area contributed by atoms with Gasteiger partial charge in [0.05, 0.1) is 5.69 Å². The second-order valence-electron chi connectivity index (χ2n) is 5.33. The average molecular weight is 297 g/mol. The smallest absolute Gasteiger partial charge is 0.184 e. The molecule has 1 aromatic rings. The fourth-order valence-electron chi connectivity index (χ4n) is 2.81. The lowest BCUT2D eigenvalue weighted by Gasteiger charge is -2.39. The van der Waals surface area contributed by atoms with Gasteiger partial charge < -0.3 is 14.4 Å². The molecule has 0 radical (unpaired) electrons. The first-order valence-corrected chi connectivity index (χ1v) is 7.76. The van der Waals surface area contributed by atoms with E-state index in [1.54, 1.807) is 0 Å². The van der Waals surface area contributed by atoms with Gasteiger partial charge in [-0.25, -0.2) is 0 Å². The van der Waals surface area contributed by atoms with Gasteiger partial charge in [-0.15, -0.1) is 11.6 Å². The van der Waals surface area contributed by atoms with Crippen molar-refractivity contribution in [1.82, 2.24) is 4.90 Å². The minimum absolute atomic E-state index is 0.447. The molecule has 2 aliphatic rings. The third-order valence-electron chi connectivity index (χ3n) is 4.05. The third-order valence-corrected chi connectivity index (χ3v) is 4.49. The van der Waals surface area contributed by atoms with Crippen LogP contribution in [0.2, 0.25) is 0 Å². The quantitative estimate of drug-likeness (QED) is 0.799. The fraction of sp³-hybridized carbons (Fsp3) is 0.600. The minimum Gasteiger partial charge on any atom is -0.486 e. The molecular formula is C15H21ClN2O2. The first kappa shape index (κ1) is 13.8. The van der Waals surface area contributed by atoms with Crippen molar-refractivity contribution in [3.8, 4) is 11.5 Å². The van der Waals surface area contributed by atoms with Gasteiger partial charge in [0.1, 0.15) is 13.2 Å². The number of nitrogens with zero attached hydrogens (tertiary/aromatic N) is 2. The molecule has 2 aliphatic heterocycles. The Morgan fingerprint density at radius 3 is 2.65 bits per heavy atom. The molecule has 0 N–H and O–H groups in total. The van der Waals surface area contributed by atoms with Crippen LogP contribution in [0.25, 0.3) is 0 Å². The highest BCUT2D eigenvalue weighted by atomic mass is 35.5. The topological polar surface area (TPSA) is 24.9 Å². The molecule has 110 valence electrons. The number of fused-ring (bicyclic) bond motifs is 1. The van der Waals surface area contributed by atoms with Gasteiger partial charge in [0, 0.05) is 38.1 Å². The van der Waals surface area contributed by atoms with Crippen LogP contribution in [0.15, 0.2) is 18.2 Å². The van der Waals surface area contributed by atoms with Crippen LogP contribution in [0.5, 0.6) is 11.5 Å². The standard InChI is InChI=1S/C15H21ClN2O2/c1-12(11-16)17-5-7-18(8-6-17)13-3-2-4-14-15(13)20-10-9-19-14/h2-4,12H,5-11H2,1H3/t12-/m1/s1. The predicted molar refractivity (Wildman–Crippen MR) is 81.4 cm³/mol. The summed E-state index contributed by atoms with van der Waals surface area (Å²) in [6.07, 6.45) is 0. The summed E-state index contributed by atoms with van der Waals surface area (Å²) in [6, 6.07) is 6.58. The van der Waals surface area contributed by atoms with Crippen LogP contribution in [-0.2, 0) is 0 Å². The van der Waals surface area contributed by atoms with Gasteiger partial charge in [0.2, 0.25) is 0 Å². The molecule has 0 aliphatic carbocycles. The second-order valence-corrected chi connectivity index (χ2v) is 5.64. The third kappa shape index (κ3) is 2.67. The van der Waals surface area contributed by atoms with Crippen LogP contribution in [0.4, 0.5) is 5.69 Å². The van der Waals surface area contributed by atoms with Crippen LogP contribution in [0, 0.1) is 0 Å². The normalized spacial score (nSPS) is 20.8.